The fourth-order valence-corrected chi connectivity index (χ4v) is 1.85. The van der Waals surface area contributed by atoms with Crippen molar-refractivity contribution in [3.63, 3.8) is 0 Å². The van der Waals surface area contributed by atoms with Crippen LogP contribution in [0.5, 0.6) is 5.75 Å². The highest BCUT2D eigenvalue weighted by Crippen LogP contribution is 2.37. The highest BCUT2D eigenvalue weighted by atomic mass is 16.6. The smallest absolute Gasteiger partial charge is 0.270 e. The Hall–Kier alpha value is -1.68. The largest absolute Gasteiger partial charge is 0.504 e. The molecule has 9 nitrogen and oxygen atoms in total. The number of carbonyl (C=O) groups is 1. The number of carbonyl (C=O) groups excluding carboxylic acids is 1. The van der Waals surface area contributed by atoms with Crippen molar-refractivity contribution >= 4 is 5.91 Å². The zero-order chi connectivity index (χ0) is 13.4. The minimum atomic E-state index is -1.38. The molecule has 0 aliphatic carbocycles. The summed E-state index contributed by atoms with van der Waals surface area (Å²) < 4.78 is 5.15. The van der Waals surface area contributed by atoms with Gasteiger partial charge in [0.05, 0.1) is 6.61 Å². The number of hydrogen-bond donors (Lipinski definition) is 6. The molecule has 18 heavy (non-hydrogen) atoms. The van der Waals surface area contributed by atoms with E-state index in [-0.39, 0.29) is 11.4 Å². The average Bonchev–Trinajstić information content (AvgIpc) is 2.82. The first-order valence-corrected chi connectivity index (χ1v) is 5.16. The molecule has 1 unspecified atom stereocenters. The van der Waals surface area contributed by atoms with Crippen molar-refractivity contribution in [3.8, 4) is 5.75 Å². The highest BCUT2D eigenvalue weighted by Gasteiger charge is 2.45. The molecule has 4 atom stereocenters. The number of H-pyrrole nitrogens is 1. The molecule has 0 saturated carbocycles. The lowest BCUT2D eigenvalue weighted by Crippen LogP contribution is -2.32. The molecule has 1 aromatic rings. The number of primary amides is 1. The molecular weight excluding hydrogens is 246 g/mol. The van der Waals surface area contributed by atoms with Gasteiger partial charge in [0, 0.05) is 0 Å². The van der Waals surface area contributed by atoms with Crippen molar-refractivity contribution in [2.45, 2.75) is 24.4 Å². The first-order chi connectivity index (χ1) is 8.47. The Morgan fingerprint density at radius 3 is 2.56 bits per heavy atom. The minimum Gasteiger partial charge on any atom is -0.504 e. The van der Waals surface area contributed by atoms with E-state index in [9.17, 15) is 20.1 Å². The van der Waals surface area contributed by atoms with Crippen molar-refractivity contribution in [1.29, 1.82) is 0 Å². The topological polar surface area (TPSA) is 162 Å². The zero-order valence-corrected chi connectivity index (χ0v) is 9.15. The van der Waals surface area contributed by atoms with Crippen molar-refractivity contribution in [3.05, 3.63) is 11.4 Å². The van der Waals surface area contributed by atoms with E-state index in [4.69, 9.17) is 15.6 Å². The normalized spacial score (nSPS) is 31.7. The van der Waals surface area contributed by atoms with E-state index >= 15 is 0 Å². The van der Waals surface area contributed by atoms with Gasteiger partial charge in [-0.3, -0.25) is 9.89 Å². The van der Waals surface area contributed by atoms with Crippen LogP contribution < -0.4 is 5.73 Å². The van der Waals surface area contributed by atoms with Gasteiger partial charge in [-0.05, 0) is 0 Å². The van der Waals surface area contributed by atoms with Crippen molar-refractivity contribution in [1.82, 2.24) is 10.2 Å². The number of aliphatic hydroxyl groups excluding tert-OH is 3. The van der Waals surface area contributed by atoms with E-state index in [1.165, 1.54) is 0 Å². The summed E-state index contributed by atoms with van der Waals surface area (Å²) in [5, 5.41) is 43.7. The van der Waals surface area contributed by atoms with Crippen molar-refractivity contribution in [2.75, 3.05) is 6.61 Å². The average molecular weight is 259 g/mol. The number of ether oxygens (including phenoxy) is 1. The summed E-state index contributed by atoms with van der Waals surface area (Å²) in [6, 6.07) is 0. The van der Waals surface area contributed by atoms with E-state index in [1.54, 1.807) is 0 Å². The summed E-state index contributed by atoms with van der Waals surface area (Å²) in [5.74, 6) is -1.46. The first kappa shape index (κ1) is 12.8. The van der Waals surface area contributed by atoms with Gasteiger partial charge in [0.15, 0.2) is 11.4 Å². The maximum absolute atomic E-state index is 10.9. The summed E-state index contributed by atoms with van der Waals surface area (Å²) in [4.78, 5) is 10.9. The third kappa shape index (κ3) is 1.82. The molecule has 1 aliphatic rings. The van der Waals surface area contributed by atoms with Crippen LogP contribution in [0.15, 0.2) is 0 Å². The van der Waals surface area contributed by atoms with Gasteiger partial charge in [-0.2, -0.15) is 5.10 Å². The van der Waals surface area contributed by atoms with Crippen LogP contribution in [0.2, 0.25) is 0 Å². The van der Waals surface area contributed by atoms with Gasteiger partial charge in [0.2, 0.25) is 0 Å². The van der Waals surface area contributed by atoms with Crippen LogP contribution in [0.25, 0.3) is 0 Å². The first-order valence-electron chi connectivity index (χ1n) is 5.16. The standard InChI is InChI=1S/C9H13N3O6/c10-9(17)4-6(15)3(11-12-4)8-7(16)5(14)2(1-13)18-8/h2,5,7-8,13-16H,1H2,(H2,10,17)(H,11,12)/t2-,5-,7-,8?/m1/s1. The molecule has 1 aliphatic heterocycles. The van der Waals surface area contributed by atoms with Crippen molar-refractivity contribution in [2.24, 2.45) is 5.73 Å². The Morgan fingerprint density at radius 1 is 1.44 bits per heavy atom. The number of aromatic nitrogens is 2. The van der Waals surface area contributed by atoms with Gasteiger partial charge in [-0.15, -0.1) is 0 Å². The van der Waals surface area contributed by atoms with Gasteiger partial charge < -0.3 is 30.9 Å². The molecule has 1 fully saturated rings. The van der Waals surface area contributed by atoms with Crippen LogP contribution in [0.1, 0.15) is 22.3 Å². The summed E-state index contributed by atoms with van der Waals surface area (Å²) in [6.07, 6.45) is -4.83. The van der Waals surface area contributed by atoms with Gasteiger partial charge >= 0.3 is 0 Å². The number of amides is 1. The van der Waals surface area contributed by atoms with Crippen LogP contribution in [-0.2, 0) is 4.74 Å². The zero-order valence-electron chi connectivity index (χ0n) is 9.15. The predicted octanol–water partition coefficient (Wildman–Crippen LogP) is -2.63. The van der Waals surface area contributed by atoms with Crippen LogP contribution in [0.3, 0.4) is 0 Å². The lowest BCUT2D eigenvalue weighted by atomic mass is 10.1. The maximum atomic E-state index is 10.9. The van der Waals surface area contributed by atoms with Gasteiger partial charge in [0.25, 0.3) is 5.91 Å². The minimum absolute atomic E-state index is 0.147. The molecule has 9 heteroatoms. The molecule has 2 rings (SSSR count). The molecule has 1 aromatic heterocycles. The van der Waals surface area contributed by atoms with E-state index in [1.807, 2.05) is 0 Å². The third-order valence-electron chi connectivity index (χ3n) is 2.83. The number of nitrogens with one attached hydrogen (secondary N) is 1. The molecular formula is C9H13N3O6. The second kappa shape index (κ2) is 4.53. The predicted molar refractivity (Wildman–Crippen MR) is 55.5 cm³/mol. The SMILES string of the molecule is NC(=O)c1[nH]nc(C2O[C@H](CO)[C@@H](O)[C@H]2O)c1O. The third-order valence-corrected chi connectivity index (χ3v) is 2.83. The second-order valence-electron chi connectivity index (χ2n) is 3.96. The van der Waals surface area contributed by atoms with Gasteiger partial charge in [-0.1, -0.05) is 0 Å². The molecule has 2 heterocycles. The Bertz CT molecular complexity index is 461. The summed E-state index contributed by atoms with van der Waals surface area (Å²) in [5.41, 5.74) is 4.52. The Kier molecular flexibility index (Phi) is 3.22. The van der Waals surface area contributed by atoms with Crippen LogP contribution in [0, 0.1) is 0 Å². The molecule has 100 valence electrons. The van der Waals surface area contributed by atoms with Gasteiger partial charge in [0.1, 0.15) is 30.1 Å². The Morgan fingerprint density at radius 2 is 2.11 bits per heavy atom. The lowest BCUT2D eigenvalue weighted by Gasteiger charge is -2.12. The number of aliphatic hydroxyl groups is 3. The highest BCUT2D eigenvalue weighted by molar-refractivity contribution is 5.93. The quantitative estimate of drug-likeness (QED) is 0.346. The summed E-state index contributed by atoms with van der Waals surface area (Å²) in [7, 11) is 0. The monoisotopic (exact) mass is 259 g/mol. The Balaban J connectivity index is 2.30. The van der Waals surface area contributed by atoms with E-state index in [0.29, 0.717) is 0 Å². The van der Waals surface area contributed by atoms with E-state index < -0.39 is 42.7 Å². The number of aromatic hydroxyl groups is 1. The van der Waals surface area contributed by atoms with Crippen LogP contribution in [-0.4, -0.2) is 61.4 Å². The number of aromatic amines is 1. The van der Waals surface area contributed by atoms with Crippen LogP contribution >= 0.6 is 0 Å². The summed E-state index contributed by atoms with van der Waals surface area (Å²) >= 11 is 0. The fraction of sp³-hybridized carbons (Fsp3) is 0.556. The molecule has 0 radical (unpaired) electrons. The molecule has 0 spiro atoms. The van der Waals surface area contributed by atoms with Crippen LogP contribution in [0.4, 0.5) is 0 Å². The van der Waals surface area contributed by atoms with E-state index in [0.717, 1.165) is 0 Å². The molecule has 1 amide bonds. The lowest BCUT2D eigenvalue weighted by molar-refractivity contribution is -0.0245. The fourth-order valence-electron chi connectivity index (χ4n) is 1.85. The molecule has 1 saturated heterocycles. The summed E-state index contributed by atoms with van der Waals surface area (Å²) in [6.45, 7) is -0.497. The number of nitrogens with two attached hydrogens (primary N) is 1. The van der Waals surface area contributed by atoms with Crippen molar-refractivity contribution < 1.29 is 30.0 Å². The molecule has 0 bridgehead atoms. The second-order valence-corrected chi connectivity index (χ2v) is 3.96. The molecule has 7 N–H and O–H groups in total. The maximum Gasteiger partial charge on any atom is 0.270 e. The number of hydrogen-bond acceptors (Lipinski definition) is 7. The molecule has 0 aromatic carbocycles. The Labute approximate surface area is 101 Å². The van der Waals surface area contributed by atoms with E-state index in [2.05, 4.69) is 10.2 Å². The number of rotatable bonds is 3. The number of nitrogens with zero attached hydrogens (tertiary/aromatic N) is 1. The van der Waals surface area contributed by atoms with Gasteiger partial charge in [-0.25, -0.2) is 0 Å².